The number of halogens is 1. The Morgan fingerprint density at radius 2 is 2.10 bits per heavy atom. The van der Waals surface area contributed by atoms with Gasteiger partial charge >= 0.3 is 0 Å². The molecule has 104 valence electrons. The van der Waals surface area contributed by atoms with Gasteiger partial charge in [0.1, 0.15) is 5.82 Å². The van der Waals surface area contributed by atoms with E-state index in [1.54, 1.807) is 6.07 Å². The smallest absolute Gasteiger partial charge is 0.223 e. The SMILES string of the molecule is NC(=O)C12CCCC(C#Cc3cccc(F)c3)(CC1)C2. The van der Waals surface area contributed by atoms with Crippen LogP contribution in [0.15, 0.2) is 24.3 Å². The third-order valence-corrected chi connectivity index (χ3v) is 4.89. The van der Waals surface area contributed by atoms with Crippen LogP contribution in [0.25, 0.3) is 0 Å². The number of rotatable bonds is 1. The van der Waals surface area contributed by atoms with Gasteiger partial charge in [-0.25, -0.2) is 4.39 Å². The first-order chi connectivity index (χ1) is 9.54. The van der Waals surface area contributed by atoms with Crippen LogP contribution in [0.1, 0.15) is 44.1 Å². The molecule has 0 spiro atoms. The monoisotopic (exact) mass is 271 g/mol. The number of carbonyl (C=O) groups excluding carboxylic acids is 1. The Hall–Kier alpha value is -1.82. The van der Waals surface area contributed by atoms with E-state index in [1.165, 1.54) is 12.1 Å². The highest BCUT2D eigenvalue weighted by molar-refractivity contribution is 5.81. The molecule has 0 saturated heterocycles. The van der Waals surface area contributed by atoms with Crippen molar-refractivity contribution in [2.75, 3.05) is 0 Å². The lowest BCUT2D eigenvalue weighted by Crippen LogP contribution is -2.38. The second kappa shape index (κ2) is 4.63. The Labute approximate surface area is 118 Å². The maximum Gasteiger partial charge on any atom is 0.223 e. The van der Waals surface area contributed by atoms with Crippen LogP contribution < -0.4 is 5.73 Å². The fraction of sp³-hybridized carbons (Fsp3) is 0.471. The number of carbonyl (C=O) groups is 1. The molecule has 2 atom stereocenters. The first-order valence-electron chi connectivity index (χ1n) is 7.12. The maximum absolute atomic E-state index is 13.2. The lowest BCUT2D eigenvalue weighted by Gasteiger charge is -2.34. The fourth-order valence-electron chi connectivity index (χ4n) is 3.77. The van der Waals surface area contributed by atoms with Crippen LogP contribution in [0.3, 0.4) is 0 Å². The standard InChI is InChI=1S/C17H18FNO/c18-14-4-1-3-13(11-14)5-8-16-6-2-7-17(12-16,10-9-16)15(19)20/h1,3-4,11H,2,6-7,9-10,12H2,(H2,19,20). The molecule has 1 amide bonds. The number of primary amides is 1. The van der Waals surface area contributed by atoms with Crippen molar-refractivity contribution in [3.8, 4) is 11.8 Å². The van der Waals surface area contributed by atoms with Crippen LogP contribution in [0.4, 0.5) is 4.39 Å². The van der Waals surface area contributed by atoms with Gasteiger partial charge in [-0.1, -0.05) is 24.3 Å². The number of benzene rings is 1. The summed E-state index contributed by atoms with van der Waals surface area (Å²) in [5, 5.41) is 0. The minimum Gasteiger partial charge on any atom is -0.369 e. The third kappa shape index (κ3) is 2.20. The van der Waals surface area contributed by atoms with E-state index in [0.717, 1.165) is 38.5 Å². The summed E-state index contributed by atoms with van der Waals surface area (Å²) in [4.78, 5) is 11.7. The summed E-state index contributed by atoms with van der Waals surface area (Å²) in [7, 11) is 0. The van der Waals surface area contributed by atoms with Crippen molar-refractivity contribution in [3.63, 3.8) is 0 Å². The van der Waals surface area contributed by atoms with Crippen LogP contribution in [0, 0.1) is 28.5 Å². The van der Waals surface area contributed by atoms with Gasteiger partial charge in [-0.05, 0) is 50.3 Å². The highest BCUT2D eigenvalue weighted by Gasteiger charge is 2.53. The van der Waals surface area contributed by atoms with Crippen molar-refractivity contribution in [1.29, 1.82) is 0 Å². The second-order valence-corrected chi connectivity index (χ2v) is 6.22. The number of nitrogens with two attached hydrogens (primary N) is 1. The summed E-state index contributed by atoms with van der Waals surface area (Å²) in [5.74, 6) is 5.97. The van der Waals surface area contributed by atoms with Gasteiger partial charge in [-0.2, -0.15) is 0 Å². The third-order valence-electron chi connectivity index (χ3n) is 4.89. The Morgan fingerprint density at radius 3 is 2.85 bits per heavy atom. The quantitative estimate of drug-likeness (QED) is 0.784. The van der Waals surface area contributed by atoms with Crippen molar-refractivity contribution in [2.45, 2.75) is 38.5 Å². The second-order valence-electron chi connectivity index (χ2n) is 6.22. The molecule has 2 aliphatic rings. The molecule has 0 aliphatic heterocycles. The molecule has 2 fully saturated rings. The minimum absolute atomic E-state index is 0.0976. The van der Waals surface area contributed by atoms with E-state index < -0.39 is 0 Å². The van der Waals surface area contributed by atoms with Crippen LogP contribution in [-0.4, -0.2) is 5.91 Å². The summed E-state index contributed by atoms with van der Waals surface area (Å²) in [6.45, 7) is 0. The lowest BCUT2D eigenvalue weighted by atomic mass is 9.69. The van der Waals surface area contributed by atoms with Crippen molar-refractivity contribution < 1.29 is 9.18 Å². The van der Waals surface area contributed by atoms with Gasteiger partial charge in [-0.15, -0.1) is 0 Å². The Morgan fingerprint density at radius 1 is 1.25 bits per heavy atom. The van der Waals surface area contributed by atoms with Crippen molar-refractivity contribution in [1.82, 2.24) is 0 Å². The largest absolute Gasteiger partial charge is 0.369 e. The minimum atomic E-state index is -0.338. The topological polar surface area (TPSA) is 43.1 Å². The fourth-order valence-corrected chi connectivity index (χ4v) is 3.77. The molecule has 20 heavy (non-hydrogen) atoms. The molecule has 2 saturated carbocycles. The highest BCUT2D eigenvalue weighted by atomic mass is 19.1. The predicted molar refractivity (Wildman–Crippen MR) is 75.0 cm³/mol. The normalized spacial score (nSPS) is 31.4. The van der Waals surface area contributed by atoms with E-state index >= 15 is 0 Å². The molecule has 1 aromatic carbocycles. The zero-order chi connectivity index (χ0) is 14.2. The summed E-state index contributed by atoms with van der Waals surface area (Å²) < 4.78 is 13.2. The number of hydrogen-bond acceptors (Lipinski definition) is 1. The predicted octanol–water partition coefficient (Wildman–Crippen LogP) is 3.00. The first kappa shape index (κ1) is 13.2. The summed E-state index contributed by atoms with van der Waals surface area (Å²) >= 11 is 0. The van der Waals surface area contributed by atoms with Gasteiger partial charge in [-0.3, -0.25) is 4.79 Å². The average Bonchev–Trinajstić information content (AvgIpc) is 2.70. The van der Waals surface area contributed by atoms with E-state index in [2.05, 4.69) is 11.8 Å². The van der Waals surface area contributed by atoms with E-state index in [-0.39, 0.29) is 22.6 Å². The Bertz CT molecular complexity index is 615. The van der Waals surface area contributed by atoms with Gasteiger partial charge in [0, 0.05) is 11.0 Å². The molecule has 2 N–H and O–H groups in total. The molecule has 2 bridgehead atoms. The molecule has 0 radical (unpaired) electrons. The molecule has 0 heterocycles. The highest BCUT2D eigenvalue weighted by Crippen LogP contribution is 2.58. The average molecular weight is 271 g/mol. The van der Waals surface area contributed by atoms with E-state index in [0.29, 0.717) is 5.56 Å². The van der Waals surface area contributed by atoms with Gasteiger partial charge in [0.2, 0.25) is 5.91 Å². The van der Waals surface area contributed by atoms with E-state index in [4.69, 9.17) is 5.73 Å². The molecular weight excluding hydrogens is 253 g/mol. The molecule has 1 aromatic rings. The molecular formula is C17H18FNO. The molecule has 3 heteroatoms. The Balaban J connectivity index is 1.87. The van der Waals surface area contributed by atoms with Crippen LogP contribution >= 0.6 is 0 Å². The molecule has 3 rings (SSSR count). The number of fused-ring (bicyclic) bond motifs is 2. The van der Waals surface area contributed by atoms with Crippen LogP contribution in [0.2, 0.25) is 0 Å². The molecule has 2 nitrogen and oxygen atoms in total. The zero-order valence-electron chi connectivity index (χ0n) is 11.4. The molecule has 2 unspecified atom stereocenters. The zero-order valence-corrected chi connectivity index (χ0v) is 11.4. The van der Waals surface area contributed by atoms with Gasteiger partial charge in [0.05, 0.1) is 5.41 Å². The van der Waals surface area contributed by atoms with Crippen LogP contribution in [-0.2, 0) is 4.79 Å². The summed E-state index contributed by atoms with van der Waals surface area (Å²) in [6, 6.07) is 6.34. The van der Waals surface area contributed by atoms with Crippen LogP contribution in [0.5, 0.6) is 0 Å². The van der Waals surface area contributed by atoms with Crippen molar-refractivity contribution >= 4 is 5.91 Å². The van der Waals surface area contributed by atoms with Crippen molar-refractivity contribution in [2.24, 2.45) is 16.6 Å². The maximum atomic E-state index is 13.2. The summed E-state index contributed by atoms with van der Waals surface area (Å²) in [6.07, 6.45) is 5.47. The van der Waals surface area contributed by atoms with E-state index in [9.17, 15) is 9.18 Å². The van der Waals surface area contributed by atoms with E-state index in [1.807, 2.05) is 6.07 Å². The number of hydrogen-bond donors (Lipinski definition) is 1. The number of amides is 1. The molecule has 0 aromatic heterocycles. The first-order valence-corrected chi connectivity index (χ1v) is 7.12. The van der Waals surface area contributed by atoms with Gasteiger partial charge < -0.3 is 5.73 Å². The van der Waals surface area contributed by atoms with Gasteiger partial charge in [0.25, 0.3) is 0 Å². The van der Waals surface area contributed by atoms with Gasteiger partial charge in [0.15, 0.2) is 0 Å². The Kier molecular flexibility index (Phi) is 3.05. The lowest BCUT2D eigenvalue weighted by molar-refractivity contribution is -0.129. The van der Waals surface area contributed by atoms with Crippen molar-refractivity contribution in [3.05, 3.63) is 35.6 Å². The summed E-state index contributed by atoms with van der Waals surface area (Å²) in [5.41, 5.74) is 5.85. The molecule has 2 aliphatic carbocycles.